The Morgan fingerprint density at radius 1 is 1.24 bits per heavy atom. The van der Waals surface area contributed by atoms with Crippen LogP contribution in [0, 0.1) is 6.92 Å². The summed E-state index contributed by atoms with van der Waals surface area (Å²) < 4.78 is 0. The van der Waals surface area contributed by atoms with Gasteiger partial charge < -0.3 is 4.90 Å². The molecule has 1 fully saturated rings. The second-order valence-corrected chi connectivity index (χ2v) is 8.31. The zero-order valence-electron chi connectivity index (χ0n) is 12.1. The summed E-state index contributed by atoms with van der Waals surface area (Å²) in [7, 11) is 0. The molecule has 108 valence electrons. The van der Waals surface area contributed by atoms with Crippen molar-refractivity contribution in [2.45, 2.75) is 31.2 Å². The number of rotatable bonds is 2. The zero-order chi connectivity index (χ0) is 14.4. The van der Waals surface area contributed by atoms with E-state index in [2.05, 4.69) is 48.0 Å². The number of fused-ring (bicyclic) bond motifs is 1. The summed E-state index contributed by atoms with van der Waals surface area (Å²) in [5.41, 5.74) is 1.07. The predicted octanol–water partition coefficient (Wildman–Crippen LogP) is 4.04. The first-order valence-electron chi connectivity index (χ1n) is 7.21. The summed E-state index contributed by atoms with van der Waals surface area (Å²) in [6, 6.07) is 11.0. The van der Waals surface area contributed by atoms with Crippen LogP contribution < -0.4 is 0 Å². The zero-order valence-corrected chi connectivity index (χ0v) is 13.7. The Balaban J connectivity index is 1.77. The number of nitrogens with zero attached hydrogens (tertiary/aromatic N) is 3. The number of amidine groups is 1. The number of aryl methyl sites for hydroxylation is 1. The first-order chi connectivity index (χ1) is 10.2. The predicted molar refractivity (Wildman–Crippen MR) is 90.0 cm³/mol. The third-order valence-electron chi connectivity index (χ3n) is 3.93. The average Bonchev–Trinajstić information content (AvgIpc) is 3.13. The van der Waals surface area contributed by atoms with Crippen LogP contribution >= 0.6 is 23.1 Å². The fraction of sp³-hybridized carbons (Fsp3) is 0.375. The molecule has 3 atom stereocenters. The molecule has 0 bridgehead atoms. The number of aromatic nitrogens is 1. The van der Waals surface area contributed by atoms with Crippen molar-refractivity contribution in [1.29, 1.82) is 0 Å². The van der Waals surface area contributed by atoms with Crippen LogP contribution in [0.15, 0.2) is 41.5 Å². The largest absolute Gasteiger partial charge is 0.340 e. The Bertz CT molecular complexity index is 680. The molecule has 1 saturated heterocycles. The minimum atomic E-state index is 0.124. The van der Waals surface area contributed by atoms with Crippen molar-refractivity contribution < 1.29 is 0 Å². The molecule has 4 rings (SSSR count). The highest BCUT2D eigenvalue weighted by molar-refractivity contribution is 8.14. The number of thioether (sulfide) groups is 1. The van der Waals surface area contributed by atoms with Crippen molar-refractivity contribution in [2.24, 2.45) is 4.99 Å². The number of hydrogen-bond acceptors (Lipinski definition) is 5. The maximum absolute atomic E-state index is 4.99. The van der Waals surface area contributed by atoms with Gasteiger partial charge in [0.1, 0.15) is 6.04 Å². The lowest BCUT2D eigenvalue weighted by Crippen LogP contribution is -2.27. The van der Waals surface area contributed by atoms with Gasteiger partial charge in [0.15, 0.2) is 5.17 Å². The Morgan fingerprint density at radius 3 is 2.86 bits per heavy atom. The minimum Gasteiger partial charge on any atom is -0.340 e. The lowest BCUT2D eigenvalue weighted by Gasteiger charge is -2.25. The first kappa shape index (κ1) is 13.3. The molecule has 0 aliphatic carbocycles. The molecule has 2 aromatic heterocycles. The van der Waals surface area contributed by atoms with Crippen molar-refractivity contribution >= 4 is 28.3 Å². The van der Waals surface area contributed by atoms with Crippen LogP contribution in [-0.4, -0.2) is 26.8 Å². The molecule has 0 radical (unpaired) electrons. The average molecular weight is 315 g/mol. The van der Waals surface area contributed by atoms with Gasteiger partial charge in [-0.15, -0.1) is 11.3 Å². The third-order valence-corrected chi connectivity index (χ3v) is 6.11. The van der Waals surface area contributed by atoms with Gasteiger partial charge in [-0.2, -0.15) is 0 Å². The van der Waals surface area contributed by atoms with E-state index in [9.17, 15) is 0 Å². The normalized spacial score (nSPS) is 27.8. The fourth-order valence-electron chi connectivity index (χ4n) is 3.04. The summed E-state index contributed by atoms with van der Waals surface area (Å²) in [5, 5.41) is 1.81. The highest BCUT2D eigenvalue weighted by atomic mass is 32.2. The Labute approximate surface area is 133 Å². The van der Waals surface area contributed by atoms with E-state index in [4.69, 9.17) is 4.99 Å². The van der Waals surface area contributed by atoms with Crippen molar-refractivity contribution in [3.05, 3.63) is 52.0 Å². The Kier molecular flexibility index (Phi) is 3.27. The van der Waals surface area contributed by atoms with Gasteiger partial charge in [0, 0.05) is 27.7 Å². The monoisotopic (exact) mass is 315 g/mol. The van der Waals surface area contributed by atoms with E-state index in [0.717, 1.165) is 12.2 Å². The molecule has 0 N–H and O–H groups in total. The topological polar surface area (TPSA) is 28.5 Å². The van der Waals surface area contributed by atoms with E-state index in [1.54, 1.807) is 0 Å². The molecule has 0 spiro atoms. The lowest BCUT2D eigenvalue weighted by atomic mass is 10.0. The molecular formula is C16H17N3S2. The standard InChI is InChI=1S/C16H17N3S2/c1-10-6-7-13(20-10)15-14(12-5-3-4-8-17-12)18-16-19(15)9-11(2)21-16/h3-8,11,14-15H,9H2,1-2H3/t11-,14-,15-/m1/s1. The van der Waals surface area contributed by atoms with E-state index in [-0.39, 0.29) is 6.04 Å². The summed E-state index contributed by atoms with van der Waals surface area (Å²) in [4.78, 5) is 14.8. The maximum Gasteiger partial charge on any atom is 0.160 e. The van der Waals surface area contributed by atoms with Gasteiger partial charge in [0.05, 0.1) is 11.7 Å². The van der Waals surface area contributed by atoms with E-state index < -0.39 is 0 Å². The van der Waals surface area contributed by atoms with Crippen LogP contribution in [-0.2, 0) is 0 Å². The SMILES string of the molecule is Cc1ccc([C@@H]2[C@@H](c3ccccn3)N=C3S[C@H](C)CN32)s1. The van der Waals surface area contributed by atoms with E-state index in [1.165, 1.54) is 14.9 Å². The second-order valence-electron chi connectivity index (χ2n) is 5.59. The third kappa shape index (κ3) is 2.28. The highest BCUT2D eigenvalue weighted by Gasteiger charge is 2.43. The molecule has 5 heteroatoms. The van der Waals surface area contributed by atoms with Crippen molar-refractivity contribution in [1.82, 2.24) is 9.88 Å². The number of pyridine rings is 1. The van der Waals surface area contributed by atoms with Gasteiger partial charge in [-0.1, -0.05) is 24.8 Å². The summed E-state index contributed by atoms with van der Waals surface area (Å²) in [6.07, 6.45) is 1.87. The molecule has 0 aromatic carbocycles. The molecule has 0 saturated carbocycles. The van der Waals surface area contributed by atoms with Crippen LogP contribution in [0.1, 0.15) is 34.5 Å². The second kappa shape index (κ2) is 5.14. The lowest BCUT2D eigenvalue weighted by molar-refractivity contribution is 0.326. The molecular weight excluding hydrogens is 298 g/mol. The van der Waals surface area contributed by atoms with Crippen molar-refractivity contribution in [3.8, 4) is 0 Å². The number of aliphatic imine (C=N–C) groups is 1. The van der Waals surface area contributed by atoms with Crippen molar-refractivity contribution in [2.75, 3.05) is 6.54 Å². The number of hydrogen-bond donors (Lipinski definition) is 0. The van der Waals surface area contributed by atoms with Gasteiger partial charge in [-0.25, -0.2) is 0 Å². The van der Waals surface area contributed by atoms with E-state index in [1.807, 2.05) is 35.4 Å². The molecule has 2 aliphatic rings. The van der Waals surface area contributed by atoms with Crippen LogP contribution in [0.2, 0.25) is 0 Å². The Morgan fingerprint density at radius 2 is 2.14 bits per heavy atom. The molecule has 2 aromatic rings. The fourth-order valence-corrected chi connectivity index (χ4v) is 5.15. The van der Waals surface area contributed by atoms with Gasteiger partial charge >= 0.3 is 0 Å². The summed E-state index contributed by atoms with van der Waals surface area (Å²) >= 11 is 3.77. The maximum atomic E-state index is 4.99. The Hall–Kier alpha value is -1.33. The summed E-state index contributed by atoms with van der Waals surface area (Å²) in [6.45, 7) is 5.52. The van der Waals surface area contributed by atoms with Gasteiger partial charge in [0.2, 0.25) is 0 Å². The molecule has 21 heavy (non-hydrogen) atoms. The van der Waals surface area contributed by atoms with E-state index >= 15 is 0 Å². The van der Waals surface area contributed by atoms with Gasteiger partial charge in [-0.3, -0.25) is 9.98 Å². The van der Waals surface area contributed by atoms with Crippen LogP contribution in [0.3, 0.4) is 0 Å². The van der Waals surface area contributed by atoms with Crippen LogP contribution in [0.4, 0.5) is 0 Å². The van der Waals surface area contributed by atoms with E-state index in [0.29, 0.717) is 11.3 Å². The molecule has 2 aliphatic heterocycles. The van der Waals surface area contributed by atoms with Crippen LogP contribution in [0.5, 0.6) is 0 Å². The molecule has 0 amide bonds. The smallest absolute Gasteiger partial charge is 0.160 e. The van der Waals surface area contributed by atoms with Crippen molar-refractivity contribution in [3.63, 3.8) is 0 Å². The molecule has 3 nitrogen and oxygen atoms in total. The molecule has 4 heterocycles. The minimum absolute atomic E-state index is 0.124. The first-order valence-corrected chi connectivity index (χ1v) is 8.90. The van der Waals surface area contributed by atoms with Gasteiger partial charge in [0.25, 0.3) is 0 Å². The quantitative estimate of drug-likeness (QED) is 0.837. The number of thiophene rings is 1. The summed E-state index contributed by atoms with van der Waals surface area (Å²) in [5.74, 6) is 0. The molecule has 0 unspecified atom stereocenters. The van der Waals surface area contributed by atoms with Gasteiger partial charge in [-0.05, 0) is 31.2 Å². The van der Waals surface area contributed by atoms with Crippen LogP contribution in [0.25, 0.3) is 0 Å². The highest BCUT2D eigenvalue weighted by Crippen LogP contribution is 2.48.